The normalized spacial score (nSPS) is 30.8. The number of carbonyl (C=O) groups excluding carboxylic acids is 1. The molecule has 11 heteroatoms. The Bertz CT molecular complexity index is 997. The zero-order valence-corrected chi connectivity index (χ0v) is 18.9. The molecule has 2 saturated carbocycles. The van der Waals surface area contributed by atoms with Crippen LogP contribution in [0.5, 0.6) is 0 Å². The van der Waals surface area contributed by atoms with E-state index in [1.54, 1.807) is 4.90 Å². The van der Waals surface area contributed by atoms with E-state index in [1.165, 1.54) is 10.4 Å². The molecule has 2 aliphatic carbocycles. The van der Waals surface area contributed by atoms with Gasteiger partial charge in [0.1, 0.15) is 11.6 Å². The van der Waals surface area contributed by atoms with Gasteiger partial charge in [-0.1, -0.05) is 13.8 Å². The zero-order chi connectivity index (χ0) is 23.5. The predicted molar refractivity (Wildman–Crippen MR) is 111 cm³/mol. The van der Waals surface area contributed by atoms with Crippen molar-refractivity contribution in [3.05, 3.63) is 23.9 Å². The summed E-state index contributed by atoms with van der Waals surface area (Å²) in [4.78, 5) is 18.3. The maximum absolute atomic E-state index is 13.4. The van der Waals surface area contributed by atoms with Crippen LogP contribution in [0, 0.1) is 16.7 Å². The van der Waals surface area contributed by atoms with E-state index in [0.717, 1.165) is 18.7 Å². The van der Waals surface area contributed by atoms with E-state index < -0.39 is 45.2 Å². The van der Waals surface area contributed by atoms with Crippen LogP contribution < -0.4 is 4.90 Å². The quantitative estimate of drug-likeness (QED) is 0.703. The first-order valence-electron chi connectivity index (χ1n) is 10.7. The number of piperazine rings is 1. The average Bonchev–Trinajstić information content (AvgIpc) is 3.06. The number of alkyl halides is 3. The fourth-order valence-corrected chi connectivity index (χ4v) is 8.22. The Morgan fingerprint density at radius 2 is 1.97 bits per heavy atom. The molecule has 2 heterocycles. The van der Waals surface area contributed by atoms with Gasteiger partial charge in [-0.05, 0) is 36.3 Å². The van der Waals surface area contributed by atoms with Gasteiger partial charge in [-0.15, -0.1) is 0 Å². The number of Topliss-reactive ketones (excluding diaryl/α,β-unsaturated/α-hetero) is 1. The first kappa shape index (κ1) is 23.4. The van der Waals surface area contributed by atoms with E-state index in [-0.39, 0.29) is 42.9 Å². The molecular formula is C21H28F3N3O4S. The second kappa shape index (κ2) is 7.66. The molecule has 4 rings (SSSR count). The van der Waals surface area contributed by atoms with Gasteiger partial charge in [0.15, 0.2) is 0 Å². The van der Waals surface area contributed by atoms with E-state index in [0.29, 0.717) is 12.8 Å². The fourth-order valence-electron chi connectivity index (χ4n) is 5.80. The molecule has 0 radical (unpaired) electrons. The number of carbonyl (C=O) groups is 1. The lowest BCUT2D eigenvalue weighted by Crippen LogP contribution is -2.59. The summed E-state index contributed by atoms with van der Waals surface area (Å²) in [6.45, 7) is 3.89. The Morgan fingerprint density at radius 3 is 2.47 bits per heavy atom. The van der Waals surface area contributed by atoms with E-state index >= 15 is 0 Å². The lowest BCUT2D eigenvalue weighted by Gasteiger charge is -2.43. The highest BCUT2D eigenvalue weighted by molar-refractivity contribution is 7.89. The van der Waals surface area contributed by atoms with Gasteiger partial charge in [0.2, 0.25) is 10.0 Å². The third-order valence-electron chi connectivity index (χ3n) is 7.96. The number of pyridine rings is 1. The van der Waals surface area contributed by atoms with Gasteiger partial charge in [0, 0.05) is 37.7 Å². The first-order chi connectivity index (χ1) is 14.8. The number of aliphatic hydroxyl groups is 1. The molecular weight excluding hydrogens is 447 g/mol. The molecule has 1 N–H and O–H groups in total. The summed E-state index contributed by atoms with van der Waals surface area (Å²) < 4.78 is 66.5. The van der Waals surface area contributed by atoms with Crippen LogP contribution in [0.1, 0.15) is 38.7 Å². The molecule has 0 spiro atoms. The number of aliphatic hydroxyl groups excluding tert-OH is 1. The first-order valence-corrected chi connectivity index (χ1v) is 12.3. The van der Waals surface area contributed by atoms with E-state index in [4.69, 9.17) is 0 Å². The molecule has 0 aromatic carbocycles. The third-order valence-corrected chi connectivity index (χ3v) is 10.0. The molecule has 178 valence electrons. The lowest BCUT2D eigenvalue weighted by atomic mass is 9.70. The van der Waals surface area contributed by atoms with Gasteiger partial charge < -0.3 is 10.0 Å². The highest BCUT2D eigenvalue weighted by Gasteiger charge is 2.65. The minimum Gasteiger partial charge on any atom is -0.395 e. The van der Waals surface area contributed by atoms with Gasteiger partial charge in [0.25, 0.3) is 0 Å². The molecule has 3 fully saturated rings. The van der Waals surface area contributed by atoms with Gasteiger partial charge in [0.05, 0.1) is 24.0 Å². The van der Waals surface area contributed by atoms with Crippen molar-refractivity contribution < 1.29 is 31.5 Å². The number of halogens is 3. The Balaban J connectivity index is 1.51. The summed E-state index contributed by atoms with van der Waals surface area (Å²) in [7, 11) is -3.85. The summed E-state index contributed by atoms with van der Waals surface area (Å²) in [6.07, 6.45) is -1.93. The van der Waals surface area contributed by atoms with Crippen molar-refractivity contribution in [1.82, 2.24) is 9.29 Å². The van der Waals surface area contributed by atoms with Crippen LogP contribution in [0.2, 0.25) is 0 Å². The predicted octanol–water partition coefficient (Wildman–Crippen LogP) is 2.31. The average molecular weight is 476 g/mol. The molecule has 0 amide bonds. The topological polar surface area (TPSA) is 90.8 Å². The summed E-state index contributed by atoms with van der Waals surface area (Å²) in [5, 5.41) is 9.92. The number of rotatable bonds is 5. The molecule has 32 heavy (non-hydrogen) atoms. The van der Waals surface area contributed by atoms with Gasteiger partial charge >= 0.3 is 6.18 Å². The lowest BCUT2D eigenvalue weighted by molar-refractivity contribution is -0.137. The number of hydrogen-bond acceptors (Lipinski definition) is 6. The molecule has 7 nitrogen and oxygen atoms in total. The highest BCUT2D eigenvalue weighted by Crippen LogP contribution is 2.64. The van der Waals surface area contributed by atoms with Crippen LogP contribution in [-0.2, 0) is 21.0 Å². The van der Waals surface area contributed by atoms with Gasteiger partial charge in [-0.25, -0.2) is 13.4 Å². The molecule has 3 aliphatic rings. The standard InChI is InChI=1S/C21H28F3N3O4S/c1-19(2)14-5-6-20(19,17(29)9-14)13-32(30,31)27-8-7-26(11-16(27)12-28)18-4-3-15(10-25-18)21(22,23)24/h3-4,10,14,16,28H,5-9,11-13H2,1-2H3/t14-,16?,20-/m1/s1. The maximum Gasteiger partial charge on any atom is 0.417 e. The van der Waals surface area contributed by atoms with Crippen LogP contribution >= 0.6 is 0 Å². The van der Waals surface area contributed by atoms with Crippen LogP contribution in [0.25, 0.3) is 0 Å². The molecule has 1 unspecified atom stereocenters. The second-order valence-electron chi connectivity index (χ2n) is 9.72. The largest absolute Gasteiger partial charge is 0.417 e. The number of anilines is 1. The van der Waals surface area contributed by atoms with Crippen molar-refractivity contribution in [2.45, 2.75) is 45.3 Å². The van der Waals surface area contributed by atoms with Gasteiger partial charge in [-0.3, -0.25) is 4.79 Å². The SMILES string of the molecule is CC1(C)[C@@H]2CC[C@@]1(CS(=O)(=O)N1CCN(c3ccc(C(F)(F)F)cn3)CC1CO)C(=O)C2. The van der Waals surface area contributed by atoms with Crippen LogP contribution in [0.4, 0.5) is 19.0 Å². The Morgan fingerprint density at radius 1 is 1.25 bits per heavy atom. The maximum atomic E-state index is 13.4. The Labute approximate surface area is 185 Å². The van der Waals surface area contributed by atoms with E-state index in [1.807, 2.05) is 13.8 Å². The Hall–Kier alpha value is -1.72. The zero-order valence-electron chi connectivity index (χ0n) is 18.1. The van der Waals surface area contributed by atoms with Crippen molar-refractivity contribution in [1.29, 1.82) is 0 Å². The minimum atomic E-state index is -4.49. The summed E-state index contributed by atoms with van der Waals surface area (Å²) in [5.74, 6) is 0.229. The van der Waals surface area contributed by atoms with Crippen molar-refractivity contribution in [3.8, 4) is 0 Å². The molecule has 2 bridgehead atoms. The number of hydrogen-bond donors (Lipinski definition) is 1. The summed E-state index contributed by atoms with van der Waals surface area (Å²) in [5.41, 5.74) is -2.15. The molecule has 1 aromatic rings. The highest BCUT2D eigenvalue weighted by atomic mass is 32.2. The Kier molecular flexibility index (Phi) is 5.61. The molecule has 1 aromatic heterocycles. The molecule has 1 aliphatic heterocycles. The second-order valence-corrected chi connectivity index (χ2v) is 11.6. The molecule has 3 atom stereocenters. The smallest absolute Gasteiger partial charge is 0.395 e. The number of fused-ring (bicyclic) bond motifs is 2. The van der Waals surface area contributed by atoms with Crippen molar-refractivity contribution in [3.63, 3.8) is 0 Å². The molecule has 1 saturated heterocycles. The summed E-state index contributed by atoms with van der Waals surface area (Å²) >= 11 is 0. The van der Waals surface area contributed by atoms with Crippen LogP contribution in [0.15, 0.2) is 18.3 Å². The third kappa shape index (κ3) is 3.62. The number of nitrogens with zero attached hydrogens (tertiary/aromatic N) is 3. The van der Waals surface area contributed by atoms with E-state index in [9.17, 15) is 31.5 Å². The van der Waals surface area contributed by atoms with Crippen molar-refractivity contribution in [2.24, 2.45) is 16.7 Å². The van der Waals surface area contributed by atoms with Crippen LogP contribution in [0.3, 0.4) is 0 Å². The number of sulfonamides is 1. The van der Waals surface area contributed by atoms with Crippen molar-refractivity contribution in [2.75, 3.05) is 36.9 Å². The number of ketones is 1. The van der Waals surface area contributed by atoms with Crippen molar-refractivity contribution >= 4 is 21.6 Å². The summed E-state index contributed by atoms with van der Waals surface area (Å²) in [6, 6.07) is 1.41. The fraction of sp³-hybridized carbons (Fsp3) is 0.714. The van der Waals surface area contributed by atoms with E-state index in [2.05, 4.69) is 4.98 Å². The monoisotopic (exact) mass is 475 g/mol. The van der Waals surface area contributed by atoms with Gasteiger partial charge in [-0.2, -0.15) is 17.5 Å². The van der Waals surface area contributed by atoms with Crippen LogP contribution in [-0.4, -0.2) is 66.6 Å². The number of aromatic nitrogens is 1. The minimum absolute atomic E-state index is 0.00969.